The van der Waals surface area contributed by atoms with Gasteiger partial charge in [0.1, 0.15) is 6.61 Å². The Morgan fingerprint density at radius 3 is 3.05 bits per heavy atom. The number of piperidine rings is 1. The van der Waals surface area contributed by atoms with Gasteiger partial charge in [0.05, 0.1) is 0 Å². The van der Waals surface area contributed by atoms with Crippen LogP contribution in [0.1, 0.15) is 30.9 Å². The lowest BCUT2D eigenvalue weighted by atomic mass is 10.0. The van der Waals surface area contributed by atoms with Gasteiger partial charge in [-0.25, -0.2) is 4.79 Å². The third-order valence-corrected chi connectivity index (χ3v) is 3.69. The third kappa shape index (κ3) is 4.51. The van der Waals surface area contributed by atoms with Crippen LogP contribution in [-0.2, 0) is 6.54 Å². The van der Waals surface area contributed by atoms with Gasteiger partial charge in [0.2, 0.25) is 0 Å². The standard InChI is InChI=1S/C17H22N2O2/c1-14-6-4-10-19(13-14)17(21)18-12-16-8-3-2-7-15(16)9-5-11-20/h2-3,7-8,14,20H,4,6,10-13H2,1H3,(H,18,21). The summed E-state index contributed by atoms with van der Waals surface area (Å²) in [5.74, 6) is 6.13. The van der Waals surface area contributed by atoms with E-state index in [1.54, 1.807) is 0 Å². The lowest BCUT2D eigenvalue weighted by molar-refractivity contribution is 0.169. The van der Waals surface area contributed by atoms with Crippen molar-refractivity contribution in [1.82, 2.24) is 10.2 Å². The van der Waals surface area contributed by atoms with Gasteiger partial charge in [-0.3, -0.25) is 0 Å². The second-order valence-electron chi connectivity index (χ2n) is 5.47. The van der Waals surface area contributed by atoms with E-state index in [0.29, 0.717) is 12.5 Å². The Kier molecular flexibility index (Phi) is 5.65. The summed E-state index contributed by atoms with van der Waals surface area (Å²) < 4.78 is 0. The number of aliphatic hydroxyl groups excluding tert-OH is 1. The van der Waals surface area contributed by atoms with Crippen molar-refractivity contribution in [1.29, 1.82) is 0 Å². The number of rotatable bonds is 2. The van der Waals surface area contributed by atoms with E-state index >= 15 is 0 Å². The van der Waals surface area contributed by atoms with Gasteiger partial charge in [0.15, 0.2) is 0 Å². The molecule has 1 aliphatic heterocycles. The van der Waals surface area contributed by atoms with E-state index in [-0.39, 0.29) is 12.6 Å². The lowest BCUT2D eigenvalue weighted by Gasteiger charge is -2.31. The number of benzene rings is 1. The molecule has 1 aromatic carbocycles. The van der Waals surface area contributed by atoms with Crippen molar-refractivity contribution in [2.24, 2.45) is 5.92 Å². The van der Waals surface area contributed by atoms with Gasteiger partial charge < -0.3 is 15.3 Å². The number of likely N-dealkylation sites (tertiary alicyclic amines) is 1. The molecule has 1 aromatic rings. The Hall–Kier alpha value is -1.99. The minimum atomic E-state index is -0.160. The summed E-state index contributed by atoms with van der Waals surface area (Å²) in [5.41, 5.74) is 1.82. The smallest absolute Gasteiger partial charge is 0.317 e. The molecule has 0 radical (unpaired) electrons. The highest BCUT2D eigenvalue weighted by molar-refractivity contribution is 5.74. The fourth-order valence-electron chi connectivity index (χ4n) is 2.59. The summed E-state index contributed by atoms with van der Waals surface area (Å²) >= 11 is 0. The minimum absolute atomic E-state index is 0.00790. The number of nitrogens with zero attached hydrogens (tertiary/aromatic N) is 1. The lowest BCUT2D eigenvalue weighted by Crippen LogP contribution is -2.44. The predicted molar refractivity (Wildman–Crippen MR) is 82.6 cm³/mol. The molecule has 1 saturated heterocycles. The van der Waals surface area contributed by atoms with Crippen molar-refractivity contribution in [3.63, 3.8) is 0 Å². The molecule has 1 heterocycles. The van der Waals surface area contributed by atoms with E-state index in [0.717, 1.165) is 30.6 Å². The highest BCUT2D eigenvalue weighted by atomic mass is 16.2. The van der Waals surface area contributed by atoms with Crippen LogP contribution in [0.4, 0.5) is 4.79 Å². The van der Waals surface area contributed by atoms with Crippen molar-refractivity contribution >= 4 is 6.03 Å². The number of nitrogens with one attached hydrogen (secondary N) is 1. The molecule has 0 aliphatic carbocycles. The number of urea groups is 1. The van der Waals surface area contributed by atoms with Crippen LogP contribution in [-0.4, -0.2) is 35.7 Å². The number of hydrogen-bond donors (Lipinski definition) is 2. The molecule has 0 saturated carbocycles. The minimum Gasteiger partial charge on any atom is -0.384 e. The fraction of sp³-hybridized carbons (Fsp3) is 0.471. The van der Waals surface area contributed by atoms with E-state index in [9.17, 15) is 4.79 Å². The van der Waals surface area contributed by atoms with Crippen LogP contribution in [0.25, 0.3) is 0 Å². The van der Waals surface area contributed by atoms with Crippen LogP contribution < -0.4 is 5.32 Å². The number of hydrogen-bond acceptors (Lipinski definition) is 2. The molecule has 4 nitrogen and oxygen atoms in total. The summed E-state index contributed by atoms with van der Waals surface area (Å²) in [7, 11) is 0. The van der Waals surface area contributed by atoms with Crippen LogP contribution >= 0.6 is 0 Å². The van der Waals surface area contributed by atoms with E-state index < -0.39 is 0 Å². The van der Waals surface area contributed by atoms with Crippen LogP contribution in [0.15, 0.2) is 24.3 Å². The molecule has 0 aromatic heterocycles. The zero-order valence-corrected chi connectivity index (χ0v) is 12.4. The first-order valence-corrected chi connectivity index (χ1v) is 7.41. The maximum atomic E-state index is 12.2. The molecule has 2 N–H and O–H groups in total. The molecule has 1 unspecified atom stereocenters. The Morgan fingerprint density at radius 1 is 1.48 bits per heavy atom. The van der Waals surface area contributed by atoms with Gasteiger partial charge in [0, 0.05) is 25.2 Å². The average molecular weight is 286 g/mol. The zero-order valence-electron chi connectivity index (χ0n) is 12.4. The molecule has 1 fully saturated rings. The molecular weight excluding hydrogens is 264 g/mol. The van der Waals surface area contributed by atoms with Gasteiger partial charge in [-0.2, -0.15) is 0 Å². The Labute approximate surface area is 126 Å². The highest BCUT2D eigenvalue weighted by Gasteiger charge is 2.20. The largest absolute Gasteiger partial charge is 0.384 e. The van der Waals surface area contributed by atoms with Crippen molar-refractivity contribution < 1.29 is 9.90 Å². The van der Waals surface area contributed by atoms with Crippen LogP contribution in [0.3, 0.4) is 0 Å². The predicted octanol–water partition coefficient (Wildman–Crippen LogP) is 1.97. The first-order chi connectivity index (χ1) is 10.2. The monoisotopic (exact) mass is 286 g/mol. The normalized spacial score (nSPS) is 17.8. The van der Waals surface area contributed by atoms with Crippen molar-refractivity contribution in [2.75, 3.05) is 19.7 Å². The molecule has 2 rings (SSSR count). The van der Waals surface area contributed by atoms with Crippen molar-refractivity contribution in [3.8, 4) is 11.8 Å². The van der Waals surface area contributed by atoms with Crippen LogP contribution in [0.5, 0.6) is 0 Å². The summed E-state index contributed by atoms with van der Waals surface area (Å²) in [6.07, 6.45) is 2.27. The third-order valence-electron chi connectivity index (χ3n) is 3.69. The Balaban J connectivity index is 1.95. The first kappa shape index (κ1) is 15.4. The summed E-state index contributed by atoms with van der Waals surface area (Å²) in [4.78, 5) is 14.1. The second kappa shape index (κ2) is 7.70. The van der Waals surface area contributed by atoms with Crippen molar-refractivity contribution in [3.05, 3.63) is 35.4 Å². The average Bonchev–Trinajstić information content (AvgIpc) is 2.51. The quantitative estimate of drug-likeness (QED) is 0.817. The maximum absolute atomic E-state index is 12.2. The van der Waals surface area contributed by atoms with Crippen molar-refractivity contribution in [2.45, 2.75) is 26.3 Å². The molecule has 0 bridgehead atoms. The SMILES string of the molecule is CC1CCCN(C(=O)NCc2ccccc2C#CCO)C1. The van der Waals surface area contributed by atoms with E-state index in [1.807, 2.05) is 29.2 Å². The molecule has 21 heavy (non-hydrogen) atoms. The van der Waals surface area contributed by atoms with E-state index in [1.165, 1.54) is 6.42 Å². The number of aliphatic hydroxyl groups is 1. The fourth-order valence-corrected chi connectivity index (χ4v) is 2.59. The Bertz CT molecular complexity index is 545. The zero-order chi connectivity index (χ0) is 15.1. The molecule has 2 amide bonds. The molecule has 112 valence electrons. The van der Waals surface area contributed by atoms with E-state index in [2.05, 4.69) is 24.1 Å². The van der Waals surface area contributed by atoms with Crippen LogP contribution in [0.2, 0.25) is 0 Å². The van der Waals surface area contributed by atoms with Crippen LogP contribution in [0, 0.1) is 17.8 Å². The number of carbonyl (C=O) groups excluding carboxylic acids is 1. The molecular formula is C17H22N2O2. The molecule has 1 aliphatic rings. The van der Waals surface area contributed by atoms with Gasteiger partial charge >= 0.3 is 6.03 Å². The van der Waals surface area contributed by atoms with Gasteiger partial charge in [-0.15, -0.1) is 0 Å². The maximum Gasteiger partial charge on any atom is 0.317 e. The summed E-state index contributed by atoms with van der Waals surface area (Å²) in [6.45, 7) is 4.14. The second-order valence-corrected chi connectivity index (χ2v) is 5.47. The topological polar surface area (TPSA) is 52.6 Å². The number of carbonyl (C=O) groups is 1. The van der Waals surface area contributed by atoms with Gasteiger partial charge in [0.25, 0.3) is 0 Å². The van der Waals surface area contributed by atoms with Gasteiger partial charge in [-0.1, -0.05) is 37.0 Å². The summed E-state index contributed by atoms with van der Waals surface area (Å²) in [6, 6.07) is 7.66. The number of amides is 2. The first-order valence-electron chi connectivity index (χ1n) is 7.41. The molecule has 4 heteroatoms. The summed E-state index contributed by atoms with van der Waals surface area (Å²) in [5, 5.41) is 11.7. The highest BCUT2D eigenvalue weighted by Crippen LogP contribution is 2.15. The molecule has 0 spiro atoms. The molecule has 1 atom stereocenters. The Morgan fingerprint density at radius 2 is 2.29 bits per heavy atom. The van der Waals surface area contributed by atoms with E-state index in [4.69, 9.17) is 5.11 Å². The van der Waals surface area contributed by atoms with Gasteiger partial charge in [-0.05, 0) is 30.4 Å².